The number of hydrogen-bond acceptors (Lipinski definition) is 7. The van der Waals surface area contributed by atoms with E-state index in [2.05, 4.69) is 5.10 Å². The van der Waals surface area contributed by atoms with Crippen molar-refractivity contribution in [2.75, 3.05) is 0 Å². The van der Waals surface area contributed by atoms with E-state index in [4.69, 9.17) is 0 Å². The van der Waals surface area contributed by atoms with Gasteiger partial charge < -0.3 is 9.11 Å². The van der Waals surface area contributed by atoms with Crippen LogP contribution in [0.3, 0.4) is 0 Å². The van der Waals surface area contributed by atoms with Crippen LogP contribution in [0, 0.1) is 6.92 Å². The third-order valence-electron chi connectivity index (χ3n) is 4.05. The maximum atomic E-state index is 12.4. The Morgan fingerprint density at radius 3 is 2.00 bits per heavy atom. The van der Waals surface area contributed by atoms with Gasteiger partial charge in [0.2, 0.25) is 0 Å². The third-order valence-corrected chi connectivity index (χ3v) is 5.89. The zero-order valence-corrected chi connectivity index (χ0v) is 22.1. The molecule has 1 N–H and O–H groups in total. The van der Waals surface area contributed by atoms with Gasteiger partial charge in [-0.3, -0.25) is 9.89 Å². The first-order valence-corrected chi connectivity index (χ1v) is 10.7. The Balaban J connectivity index is 0.00000225. The van der Waals surface area contributed by atoms with Gasteiger partial charge in [0.25, 0.3) is 5.56 Å². The summed E-state index contributed by atoms with van der Waals surface area (Å²) in [6, 6.07) is 11.7. The zero-order valence-electron chi connectivity index (χ0n) is 16.4. The molecule has 13 heteroatoms. The molecule has 0 aliphatic carbocycles. The fourth-order valence-electron chi connectivity index (χ4n) is 2.83. The van der Waals surface area contributed by atoms with E-state index in [0.29, 0.717) is 18.2 Å². The van der Waals surface area contributed by atoms with Crippen LogP contribution in [-0.2, 0) is 26.7 Å². The van der Waals surface area contributed by atoms with Gasteiger partial charge in [0.15, 0.2) is 0 Å². The Kier molecular flexibility index (Phi) is 9.34. The largest absolute Gasteiger partial charge is 1.00 e. The van der Waals surface area contributed by atoms with Crippen LogP contribution in [0.25, 0.3) is 5.69 Å². The average molecular weight is 468 g/mol. The molecule has 0 saturated carbocycles. The quantitative estimate of drug-likeness (QED) is 0.290. The predicted octanol–water partition coefficient (Wildman–Crippen LogP) is -5.12. The number of nitrogens with zero attached hydrogens (tertiary/aromatic N) is 1. The average Bonchev–Trinajstić information content (AvgIpc) is 2.94. The Hall–Kier alpha value is -0.730. The van der Waals surface area contributed by atoms with Gasteiger partial charge in [0.1, 0.15) is 20.2 Å². The molecule has 0 saturated heterocycles. The summed E-state index contributed by atoms with van der Waals surface area (Å²) in [4.78, 5) is 10.8. The third kappa shape index (κ3) is 6.16. The van der Waals surface area contributed by atoms with Gasteiger partial charge in [-0.25, -0.2) is 21.5 Å². The topological polar surface area (TPSA) is 152 Å². The molecule has 0 aliphatic heterocycles. The Bertz CT molecular complexity index is 1320. The summed E-state index contributed by atoms with van der Waals surface area (Å²) in [5.74, 6) is 0. The van der Waals surface area contributed by atoms with Crippen molar-refractivity contribution in [2.45, 2.75) is 23.1 Å². The minimum Gasteiger partial charge on any atom is -0.744 e. The van der Waals surface area contributed by atoms with E-state index in [9.17, 15) is 30.7 Å². The van der Waals surface area contributed by atoms with E-state index < -0.39 is 41.3 Å². The number of aromatic nitrogens is 2. The van der Waals surface area contributed by atoms with Gasteiger partial charge in [-0.15, -0.1) is 0 Å². The molecule has 3 rings (SSSR count). The van der Waals surface area contributed by atoms with E-state index in [1.165, 1.54) is 13.0 Å². The monoisotopic (exact) mass is 468 g/mol. The van der Waals surface area contributed by atoms with Gasteiger partial charge in [-0.1, -0.05) is 30.3 Å². The summed E-state index contributed by atoms with van der Waals surface area (Å²) in [7, 11) is -10.0. The van der Waals surface area contributed by atoms with E-state index in [1.807, 2.05) is 18.2 Å². The first-order valence-electron chi connectivity index (χ1n) is 7.88. The van der Waals surface area contributed by atoms with Crippen LogP contribution in [0.4, 0.5) is 0 Å². The summed E-state index contributed by atoms with van der Waals surface area (Å²) in [6.45, 7) is 1.18. The molecule has 1 heterocycles. The van der Waals surface area contributed by atoms with Gasteiger partial charge in [-0.05, 0) is 30.2 Å². The second-order valence-corrected chi connectivity index (χ2v) is 8.81. The molecule has 3 aromatic rings. The molecular formula is C17H14N2Na2O7S2. The maximum Gasteiger partial charge on any atom is 1.00 e. The maximum absolute atomic E-state index is 12.4. The van der Waals surface area contributed by atoms with Crippen LogP contribution >= 0.6 is 0 Å². The van der Waals surface area contributed by atoms with Crippen molar-refractivity contribution in [1.29, 1.82) is 0 Å². The zero-order chi connectivity index (χ0) is 20.7. The summed E-state index contributed by atoms with van der Waals surface area (Å²) in [5.41, 5.74) is -0.192. The Labute approximate surface area is 217 Å². The summed E-state index contributed by atoms with van der Waals surface area (Å²) >= 11 is 0. The molecular weight excluding hydrogens is 454 g/mol. The standard InChI is InChI=1S/C17H16N2O7S2.2Na/c1-11-7-16(28(24,25)26)14(10-15(11)27(21,22)23)19-17(20)9-13(18-19)8-12-5-3-2-4-6-12;;/h2-7,9-10,18H,8H2,1H3,(H,21,22,23)(H,24,25,26);;/q;2*+1/p-2. The fraction of sp³-hybridized carbons (Fsp3) is 0.118. The van der Waals surface area contributed by atoms with Crippen LogP contribution in [0.1, 0.15) is 16.8 Å². The number of nitrogens with one attached hydrogen (secondary N) is 1. The molecule has 0 radical (unpaired) electrons. The second kappa shape index (κ2) is 10.3. The van der Waals surface area contributed by atoms with E-state index in [-0.39, 0.29) is 64.7 Å². The van der Waals surface area contributed by atoms with Crippen molar-refractivity contribution in [3.8, 4) is 5.69 Å². The van der Waals surface area contributed by atoms with Crippen molar-refractivity contribution in [2.24, 2.45) is 0 Å². The molecule has 0 aliphatic rings. The Morgan fingerprint density at radius 2 is 1.47 bits per heavy atom. The normalized spacial score (nSPS) is 11.4. The minimum atomic E-state index is -5.06. The van der Waals surface area contributed by atoms with Crippen LogP contribution in [0.5, 0.6) is 0 Å². The summed E-state index contributed by atoms with van der Waals surface area (Å²) in [6.07, 6.45) is 0.307. The molecule has 30 heavy (non-hydrogen) atoms. The van der Waals surface area contributed by atoms with Crippen molar-refractivity contribution < 1.29 is 85.1 Å². The van der Waals surface area contributed by atoms with E-state index in [1.54, 1.807) is 12.1 Å². The summed E-state index contributed by atoms with van der Waals surface area (Å²) < 4.78 is 70.0. The second-order valence-electron chi connectivity index (χ2n) is 6.11. The van der Waals surface area contributed by atoms with Crippen molar-refractivity contribution in [3.63, 3.8) is 0 Å². The molecule has 0 fully saturated rings. The number of H-pyrrole nitrogens is 1. The minimum absolute atomic E-state index is 0. The van der Waals surface area contributed by atoms with Crippen LogP contribution in [0.15, 0.2) is 63.1 Å². The molecule has 0 atom stereocenters. The van der Waals surface area contributed by atoms with E-state index in [0.717, 1.165) is 16.3 Å². The van der Waals surface area contributed by atoms with Crippen LogP contribution in [-0.4, -0.2) is 35.7 Å². The predicted molar refractivity (Wildman–Crippen MR) is 96.3 cm³/mol. The smallest absolute Gasteiger partial charge is 0.744 e. The number of aromatic amines is 1. The fourth-order valence-corrected chi connectivity index (χ4v) is 4.26. The molecule has 0 spiro atoms. The molecule has 0 amide bonds. The molecule has 148 valence electrons. The first-order chi connectivity index (χ1) is 13.0. The van der Waals surface area contributed by atoms with E-state index >= 15 is 0 Å². The summed E-state index contributed by atoms with van der Waals surface area (Å²) in [5, 5.41) is 2.66. The molecule has 0 bridgehead atoms. The Morgan fingerprint density at radius 1 is 0.900 bits per heavy atom. The molecule has 0 unspecified atom stereocenters. The van der Waals surface area contributed by atoms with Crippen molar-refractivity contribution >= 4 is 20.2 Å². The van der Waals surface area contributed by atoms with Crippen LogP contribution in [0.2, 0.25) is 0 Å². The SMILES string of the molecule is Cc1cc(S(=O)(=O)[O-])c(-n2[nH]c(Cc3ccccc3)cc2=O)cc1S(=O)(=O)[O-].[Na+].[Na+]. The van der Waals surface area contributed by atoms with Gasteiger partial charge in [0.05, 0.1) is 15.5 Å². The van der Waals surface area contributed by atoms with Crippen molar-refractivity contribution in [1.82, 2.24) is 9.78 Å². The van der Waals surface area contributed by atoms with Gasteiger partial charge in [-0.2, -0.15) is 0 Å². The molecule has 1 aromatic heterocycles. The van der Waals surface area contributed by atoms with Crippen LogP contribution < -0.4 is 64.7 Å². The van der Waals surface area contributed by atoms with Gasteiger partial charge in [0, 0.05) is 18.2 Å². The number of aryl methyl sites for hydroxylation is 1. The molecule has 2 aromatic carbocycles. The number of benzene rings is 2. The van der Waals surface area contributed by atoms with Crippen molar-refractivity contribution in [3.05, 3.63) is 75.7 Å². The number of rotatable bonds is 5. The molecule has 9 nitrogen and oxygen atoms in total. The first kappa shape index (κ1) is 27.3. The van der Waals surface area contributed by atoms with Gasteiger partial charge >= 0.3 is 59.1 Å². The number of hydrogen-bond donors (Lipinski definition) is 1.